The van der Waals surface area contributed by atoms with E-state index in [2.05, 4.69) is 23.1 Å². The Balaban J connectivity index is 1.58. The quantitative estimate of drug-likeness (QED) is 0.323. The first-order chi connectivity index (χ1) is 17.0. The van der Waals surface area contributed by atoms with E-state index in [-0.39, 0.29) is 12.0 Å². The smallest absolute Gasteiger partial charge is 0.337 e. The molecule has 4 aromatic rings. The number of aliphatic imine (C=N–C) groups is 1. The molecular weight excluding hydrogens is 460 g/mol. The lowest BCUT2D eigenvalue weighted by Crippen LogP contribution is -2.38. The fourth-order valence-corrected chi connectivity index (χ4v) is 4.89. The molecule has 2 aliphatic rings. The van der Waals surface area contributed by atoms with Crippen molar-refractivity contribution in [3.8, 4) is 5.69 Å². The summed E-state index contributed by atoms with van der Waals surface area (Å²) in [5.74, 6) is 1.25. The molecule has 0 saturated carbocycles. The zero-order valence-electron chi connectivity index (χ0n) is 19.1. The van der Waals surface area contributed by atoms with E-state index in [0.717, 1.165) is 45.4 Å². The minimum Gasteiger partial charge on any atom is -0.465 e. The number of esters is 1. The van der Waals surface area contributed by atoms with Crippen LogP contribution in [0.5, 0.6) is 0 Å². The molecule has 0 N–H and O–H groups in total. The van der Waals surface area contributed by atoms with Crippen molar-refractivity contribution in [1.29, 1.82) is 0 Å². The number of benzene rings is 3. The number of carbonyl (C=O) groups excluding carboxylic acids is 1. The first-order valence-corrected chi connectivity index (χ1v) is 11.6. The number of anilines is 1. The number of hydrogen-bond acceptors (Lipinski definition) is 5. The van der Waals surface area contributed by atoms with Gasteiger partial charge in [-0.2, -0.15) is 5.10 Å². The second kappa shape index (κ2) is 8.25. The van der Waals surface area contributed by atoms with Crippen LogP contribution in [0.1, 0.15) is 38.8 Å². The highest BCUT2D eigenvalue weighted by atomic mass is 35.5. The molecule has 0 spiro atoms. The first-order valence-electron chi connectivity index (χ1n) is 11.2. The minimum atomic E-state index is -0.360. The molecule has 3 aromatic carbocycles. The number of nitrogens with zero attached hydrogens (tertiary/aromatic N) is 4. The van der Waals surface area contributed by atoms with Crippen molar-refractivity contribution >= 4 is 41.0 Å². The molecule has 7 heteroatoms. The Kier molecular flexibility index (Phi) is 5.04. The standard InChI is InChI=1S/C28H21ClN4O2/c1-17-25-26(19-7-9-20(10-8-19)28(34)35-2)32-23-6-4-3-5-18(23)11-16-24(32)30-27(25)33(31-17)22-14-12-21(29)13-15-22/h3-16,26H,1-2H3. The monoisotopic (exact) mass is 480 g/mol. The van der Waals surface area contributed by atoms with Crippen molar-refractivity contribution in [3.63, 3.8) is 0 Å². The van der Waals surface area contributed by atoms with Crippen molar-refractivity contribution < 1.29 is 9.53 Å². The lowest BCUT2D eigenvalue weighted by Gasteiger charge is -2.39. The highest BCUT2D eigenvalue weighted by Gasteiger charge is 2.38. The number of carbonyl (C=O) groups is 1. The third kappa shape index (κ3) is 3.45. The van der Waals surface area contributed by atoms with Gasteiger partial charge in [-0.1, -0.05) is 41.9 Å². The summed E-state index contributed by atoms with van der Waals surface area (Å²) in [5.41, 5.74) is 6.50. The lowest BCUT2D eigenvalue weighted by molar-refractivity contribution is 0.0600. The van der Waals surface area contributed by atoms with Crippen molar-refractivity contribution in [2.75, 3.05) is 12.0 Å². The van der Waals surface area contributed by atoms with E-state index >= 15 is 0 Å². The summed E-state index contributed by atoms with van der Waals surface area (Å²) in [7, 11) is 1.39. The van der Waals surface area contributed by atoms with Gasteiger partial charge in [-0.05, 0) is 72.7 Å². The summed E-state index contributed by atoms with van der Waals surface area (Å²) in [5, 5.41) is 5.55. The molecule has 1 atom stereocenters. The maximum Gasteiger partial charge on any atom is 0.337 e. The summed E-state index contributed by atoms with van der Waals surface area (Å²) in [6.45, 7) is 2.01. The average molecular weight is 481 g/mol. The number of amidine groups is 1. The van der Waals surface area contributed by atoms with Gasteiger partial charge in [-0.25, -0.2) is 14.5 Å². The van der Waals surface area contributed by atoms with Crippen LogP contribution in [-0.4, -0.2) is 28.7 Å². The molecule has 0 bridgehead atoms. The predicted molar refractivity (Wildman–Crippen MR) is 138 cm³/mol. The number of fused-ring (bicyclic) bond motifs is 4. The van der Waals surface area contributed by atoms with Crippen LogP contribution in [0, 0.1) is 6.92 Å². The van der Waals surface area contributed by atoms with E-state index in [4.69, 9.17) is 26.4 Å². The molecule has 6 nitrogen and oxygen atoms in total. The highest BCUT2D eigenvalue weighted by Crippen LogP contribution is 2.46. The Morgan fingerprint density at radius 2 is 1.71 bits per heavy atom. The summed E-state index contributed by atoms with van der Waals surface area (Å²) in [6.07, 6.45) is 4.12. The first kappa shape index (κ1) is 21.4. The number of halogens is 1. The molecule has 0 radical (unpaired) electrons. The van der Waals surface area contributed by atoms with Crippen LogP contribution in [0.4, 0.5) is 11.5 Å². The second-order valence-electron chi connectivity index (χ2n) is 8.46. The Morgan fingerprint density at radius 3 is 2.46 bits per heavy atom. The number of rotatable bonds is 3. The molecule has 2 aliphatic heterocycles. The van der Waals surface area contributed by atoms with Crippen LogP contribution in [0.2, 0.25) is 5.02 Å². The van der Waals surface area contributed by atoms with Crippen LogP contribution in [-0.2, 0) is 4.74 Å². The van der Waals surface area contributed by atoms with Crippen molar-refractivity contribution in [2.24, 2.45) is 4.99 Å². The molecular formula is C28H21ClN4O2. The van der Waals surface area contributed by atoms with Crippen LogP contribution >= 0.6 is 11.6 Å². The SMILES string of the molecule is COC(=O)c1ccc(C2c3c(C)nn(-c4ccc(Cl)cc4)c3N=C3C=Cc4ccccc4N32)cc1. The Labute approximate surface area is 207 Å². The zero-order valence-corrected chi connectivity index (χ0v) is 19.9. The Hall–Kier alpha value is -4.16. The van der Waals surface area contributed by atoms with Crippen LogP contribution in [0.3, 0.4) is 0 Å². The second-order valence-corrected chi connectivity index (χ2v) is 8.90. The third-order valence-electron chi connectivity index (χ3n) is 6.41. The molecule has 1 unspecified atom stereocenters. The Bertz CT molecular complexity index is 1520. The number of hydrogen-bond donors (Lipinski definition) is 0. The molecule has 0 aliphatic carbocycles. The van der Waals surface area contributed by atoms with Gasteiger partial charge in [0, 0.05) is 10.6 Å². The maximum absolute atomic E-state index is 12.0. The lowest BCUT2D eigenvalue weighted by atomic mass is 9.91. The zero-order chi connectivity index (χ0) is 24.1. The van der Waals surface area contributed by atoms with Crippen molar-refractivity contribution in [2.45, 2.75) is 13.0 Å². The fraction of sp³-hybridized carbons (Fsp3) is 0.107. The van der Waals surface area contributed by atoms with E-state index in [9.17, 15) is 4.79 Å². The maximum atomic E-state index is 12.0. The van der Waals surface area contributed by atoms with Gasteiger partial charge in [0.15, 0.2) is 5.82 Å². The number of ether oxygens (including phenoxy) is 1. The molecule has 172 valence electrons. The molecule has 0 saturated heterocycles. The largest absolute Gasteiger partial charge is 0.465 e. The number of methoxy groups -OCH3 is 1. The van der Waals surface area contributed by atoms with Gasteiger partial charge >= 0.3 is 5.97 Å². The van der Waals surface area contributed by atoms with Gasteiger partial charge in [0.05, 0.1) is 35.8 Å². The summed E-state index contributed by atoms with van der Waals surface area (Å²) >= 11 is 6.13. The third-order valence-corrected chi connectivity index (χ3v) is 6.66. The topological polar surface area (TPSA) is 59.7 Å². The number of aromatic nitrogens is 2. The summed E-state index contributed by atoms with van der Waals surface area (Å²) < 4.78 is 6.76. The van der Waals surface area contributed by atoms with E-state index in [1.807, 2.05) is 66.2 Å². The highest BCUT2D eigenvalue weighted by molar-refractivity contribution is 6.30. The van der Waals surface area contributed by atoms with Gasteiger partial charge in [0.25, 0.3) is 0 Å². The predicted octanol–water partition coefficient (Wildman–Crippen LogP) is 6.29. The van der Waals surface area contributed by atoms with E-state index in [1.54, 1.807) is 12.1 Å². The molecule has 0 amide bonds. The normalized spacial score (nSPS) is 15.7. The van der Waals surface area contributed by atoms with E-state index in [1.165, 1.54) is 7.11 Å². The van der Waals surface area contributed by atoms with Gasteiger partial charge in [-0.3, -0.25) is 0 Å². The van der Waals surface area contributed by atoms with Crippen molar-refractivity contribution in [3.05, 3.63) is 112 Å². The minimum absolute atomic E-state index is 0.184. The van der Waals surface area contributed by atoms with Crippen molar-refractivity contribution in [1.82, 2.24) is 9.78 Å². The van der Waals surface area contributed by atoms with Gasteiger partial charge < -0.3 is 9.64 Å². The van der Waals surface area contributed by atoms with Gasteiger partial charge in [0.1, 0.15) is 5.84 Å². The fourth-order valence-electron chi connectivity index (χ4n) is 4.77. The number of aryl methyl sites for hydroxylation is 1. The van der Waals surface area contributed by atoms with Gasteiger partial charge in [0.2, 0.25) is 0 Å². The molecule has 35 heavy (non-hydrogen) atoms. The molecule has 3 heterocycles. The van der Waals surface area contributed by atoms with Crippen LogP contribution in [0.15, 0.2) is 83.9 Å². The summed E-state index contributed by atoms with van der Waals surface area (Å²) in [6, 6.07) is 23.2. The van der Waals surface area contributed by atoms with Gasteiger partial charge in [-0.15, -0.1) is 0 Å². The number of para-hydroxylation sites is 1. The average Bonchev–Trinajstić information content (AvgIpc) is 3.23. The molecule has 0 fully saturated rings. The molecule has 6 rings (SSSR count). The van der Waals surface area contributed by atoms with E-state index in [0.29, 0.717) is 10.6 Å². The van der Waals surface area contributed by atoms with Crippen LogP contribution < -0.4 is 4.90 Å². The molecule has 1 aromatic heterocycles. The summed E-state index contributed by atoms with van der Waals surface area (Å²) in [4.78, 5) is 19.4. The Morgan fingerprint density at radius 1 is 0.971 bits per heavy atom. The van der Waals surface area contributed by atoms with E-state index < -0.39 is 0 Å². The van der Waals surface area contributed by atoms with Crippen LogP contribution in [0.25, 0.3) is 11.8 Å².